The van der Waals surface area contributed by atoms with Crippen molar-refractivity contribution in [3.63, 3.8) is 0 Å². The van der Waals surface area contributed by atoms with Crippen LogP contribution in [0.15, 0.2) is 59.1 Å². The quantitative estimate of drug-likeness (QED) is 0.602. The topological polar surface area (TPSA) is 48.0 Å². The maximum Gasteiger partial charge on any atom is 0.158 e. The molecule has 1 aromatic heterocycles. The third-order valence-electron chi connectivity index (χ3n) is 2.60. The fourth-order valence-electron chi connectivity index (χ4n) is 1.61. The molecule has 0 amide bonds. The van der Waals surface area contributed by atoms with Crippen LogP contribution in [0.5, 0.6) is 0 Å². The summed E-state index contributed by atoms with van der Waals surface area (Å²) in [7, 11) is -1.38. The van der Waals surface area contributed by atoms with Gasteiger partial charge in [-0.15, -0.1) is 0 Å². The summed E-state index contributed by atoms with van der Waals surface area (Å²) < 4.78 is 14.9. The molecule has 2 rings (SSSR count). The number of nitrogen functional groups attached to an aromatic ring is 1. The van der Waals surface area contributed by atoms with Crippen molar-refractivity contribution in [2.45, 2.75) is 4.90 Å². The van der Waals surface area contributed by atoms with Gasteiger partial charge in [-0.05, 0) is 40.8 Å². The van der Waals surface area contributed by atoms with Crippen LogP contribution in [-0.4, -0.2) is 8.18 Å². The van der Waals surface area contributed by atoms with Crippen LogP contribution in [0.1, 0.15) is 5.56 Å². The van der Waals surface area contributed by atoms with Crippen LogP contribution in [0.3, 0.4) is 0 Å². The second-order valence-electron chi connectivity index (χ2n) is 3.90. The lowest BCUT2D eigenvalue weighted by Gasteiger charge is -2.05. The summed E-state index contributed by atoms with van der Waals surface area (Å²) in [5.41, 5.74) is 6.82. The van der Waals surface area contributed by atoms with Gasteiger partial charge in [0.25, 0.3) is 0 Å². The minimum absolute atomic E-state index is 0.414. The molecule has 0 aliphatic rings. The average Bonchev–Trinajstić information content (AvgIpc) is 2.75. The number of aromatic nitrogens is 1. The zero-order chi connectivity index (χ0) is 14.7. The number of allylic oxidation sites excluding steroid dienone is 2. The van der Waals surface area contributed by atoms with Crippen LogP contribution < -0.4 is 5.73 Å². The Balaban J connectivity index is 2.48. The summed E-state index contributed by atoms with van der Waals surface area (Å²) in [6, 6.07) is 9.16. The van der Waals surface area contributed by atoms with Gasteiger partial charge < -0.3 is 5.73 Å². The highest BCUT2D eigenvalue weighted by Gasteiger charge is 2.15. The van der Waals surface area contributed by atoms with Crippen molar-refractivity contribution in [1.29, 1.82) is 0 Å². The highest BCUT2D eigenvalue weighted by atomic mass is 127. The zero-order valence-corrected chi connectivity index (χ0v) is 14.2. The number of hydrogen-bond donors (Lipinski definition) is 1. The highest BCUT2D eigenvalue weighted by molar-refractivity contribution is 14.1. The predicted octanol–water partition coefficient (Wildman–Crippen LogP) is 4.01. The molecule has 0 saturated heterocycles. The maximum atomic E-state index is 12.5. The number of hydrogen-bond acceptors (Lipinski definition) is 2. The van der Waals surface area contributed by atoms with Gasteiger partial charge in [-0.3, -0.25) is 0 Å². The lowest BCUT2D eigenvalue weighted by molar-refractivity contribution is 0.678. The van der Waals surface area contributed by atoms with E-state index in [0.717, 1.165) is 9.13 Å². The molecular weight excluding hydrogens is 407 g/mol. The summed E-state index contributed by atoms with van der Waals surface area (Å²) >= 11 is 8.09. The second kappa shape index (κ2) is 6.60. The molecule has 0 bridgehead atoms. The van der Waals surface area contributed by atoms with Gasteiger partial charge in [0.15, 0.2) is 11.0 Å². The number of rotatable bonds is 4. The van der Waals surface area contributed by atoms with E-state index < -0.39 is 11.0 Å². The van der Waals surface area contributed by atoms with E-state index in [2.05, 4.69) is 29.2 Å². The largest absolute Gasteiger partial charge is 0.384 e. The standard InChI is InChI=1S/C14H12ClIN2OS/c1-2-10(15)8-12-13(16)9-18(14(12)17)20(19)11-6-4-3-5-7-11/h2-9H,1,17H2/b10-8+. The molecule has 0 saturated carbocycles. The Morgan fingerprint density at radius 1 is 1.40 bits per heavy atom. The van der Waals surface area contributed by atoms with Crippen molar-refractivity contribution in [3.8, 4) is 0 Å². The summed E-state index contributed by atoms with van der Waals surface area (Å²) in [5, 5.41) is 0.484. The third kappa shape index (κ3) is 3.16. The normalized spacial score (nSPS) is 13.2. The van der Waals surface area contributed by atoms with Gasteiger partial charge in [0, 0.05) is 20.4 Å². The number of anilines is 1. The first kappa shape index (κ1) is 15.3. The molecule has 3 nitrogen and oxygen atoms in total. The molecule has 1 unspecified atom stereocenters. The van der Waals surface area contributed by atoms with E-state index in [1.165, 1.54) is 10.0 Å². The summed E-state index contributed by atoms with van der Waals surface area (Å²) in [6.07, 6.45) is 4.99. The number of benzene rings is 1. The van der Waals surface area contributed by atoms with Crippen molar-refractivity contribution < 1.29 is 4.21 Å². The zero-order valence-electron chi connectivity index (χ0n) is 10.4. The van der Waals surface area contributed by atoms with Crippen LogP contribution in [0.4, 0.5) is 5.82 Å². The van der Waals surface area contributed by atoms with Crippen LogP contribution in [0.2, 0.25) is 0 Å². The molecule has 20 heavy (non-hydrogen) atoms. The van der Waals surface area contributed by atoms with Crippen molar-refractivity contribution >= 4 is 57.1 Å². The first-order valence-corrected chi connectivity index (χ1v) is 8.24. The minimum atomic E-state index is -1.38. The lowest BCUT2D eigenvalue weighted by Crippen LogP contribution is -2.07. The summed E-state index contributed by atoms with van der Waals surface area (Å²) in [6.45, 7) is 3.60. The molecule has 0 aliphatic carbocycles. The van der Waals surface area contributed by atoms with Gasteiger partial charge in [0.2, 0.25) is 0 Å². The molecule has 1 aromatic carbocycles. The fraction of sp³-hybridized carbons (Fsp3) is 0. The molecule has 6 heteroatoms. The van der Waals surface area contributed by atoms with Crippen LogP contribution in [0, 0.1) is 3.57 Å². The molecule has 0 spiro atoms. The van der Waals surface area contributed by atoms with E-state index in [1.807, 2.05) is 18.2 Å². The second-order valence-corrected chi connectivity index (χ2v) is 6.86. The van der Waals surface area contributed by atoms with E-state index in [1.54, 1.807) is 24.4 Å². The van der Waals surface area contributed by atoms with Crippen molar-refractivity contribution in [1.82, 2.24) is 3.97 Å². The van der Waals surface area contributed by atoms with Gasteiger partial charge in [-0.25, -0.2) is 8.18 Å². The Hall–Kier alpha value is -1.05. The minimum Gasteiger partial charge on any atom is -0.384 e. The molecule has 2 N–H and O–H groups in total. The molecule has 0 fully saturated rings. The average molecular weight is 419 g/mol. The monoisotopic (exact) mass is 418 g/mol. The first-order valence-electron chi connectivity index (χ1n) is 5.68. The summed E-state index contributed by atoms with van der Waals surface area (Å²) in [5.74, 6) is 0.414. The van der Waals surface area contributed by atoms with Gasteiger partial charge in [-0.1, -0.05) is 42.5 Å². The maximum absolute atomic E-state index is 12.5. The Bertz CT molecular complexity index is 695. The van der Waals surface area contributed by atoms with E-state index in [4.69, 9.17) is 17.3 Å². The van der Waals surface area contributed by atoms with E-state index in [-0.39, 0.29) is 0 Å². The van der Waals surface area contributed by atoms with Crippen molar-refractivity contribution in [2.24, 2.45) is 0 Å². The lowest BCUT2D eigenvalue weighted by atomic mass is 10.3. The smallest absolute Gasteiger partial charge is 0.158 e. The number of nitrogens with two attached hydrogens (primary N) is 1. The molecule has 1 heterocycles. The molecule has 0 radical (unpaired) electrons. The molecule has 104 valence electrons. The Morgan fingerprint density at radius 2 is 2.05 bits per heavy atom. The van der Waals surface area contributed by atoms with Crippen molar-refractivity contribution in [3.05, 3.63) is 63.3 Å². The molecule has 0 aliphatic heterocycles. The van der Waals surface area contributed by atoms with Crippen LogP contribution in [-0.2, 0) is 11.0 Å². The van der Waals surface area contributed by atoms with Crippen LogP contribution >= 0.6 is 34.2 Å². The third-order valence-corrected chi connectivity index (χ3v) is 5.06. The van der Waals surface area contributed by atoms with Crippen LogP contribution in [0.25, 0.3) is 6.08 Å². The number of nitrogens with zero attached hydrogens (tertiary/aromatic N) is 1. The molecule has 1 atom stereocenters. The Morgan fingerprint density at radius 3 is 2.65 bits per heavy atom. The van der Waals surface area contributed by atoms with E-state index >= 15 is 0 Å². The first-order chi connectivity index (χ1) is 9.54. The molecular formula is C14H12ClIN2OS. The Labute approximate surface area is 138 Å². The van der Waals surface area contributed by atoms with Gasteiger partial charge in [0.05, 0.1) is 4.90 Å². The van der Waals surface area contributed by atoms with E-state index in [0.29, 0.717) is 15.7 Å². The highest BCUT2D eigenvalue weighted by Crippen LogP contribution is 2.27. The number of halogens is 2. The Kier molecular flexibility index (Phi) is 5.06. The van der Waals surface area contributed by atoms with Gasteiger partial charge in [0.1, 0.15) is 5.82 Å². The van der Waals surface area contributed by atoms with E-state index in [9.17, 15) is 4.21 Å². The predicted molar refractivity (Wildman–Crippen MR) is 93.8 cm³/mol. The van der Waals surface area contributed by atoms with Gasteiger partial charge >= 0.3 is 0 Å². The van der Waals surface area contributed by atoms with Crippen molar-refractivity contribution in [2.75, 3.05) is 5.73 Å². The molecule has 2 aromatic rings. The fourth-order valence-corrected chi connectivity index (χ4v) is 3.71. The SMILES string of the molecule is C=C/C(Cl)=C\c1c(I)cn(S(=O)c2ccccc2)c1N. The van der Waals surface area contributed by atoms with Gasteiger partial charge in [-0.2, -0.15) is 0 Å². The summed E-state index contributed by atoms with van der Waals surface area (Å²) in [4.78, 5) is 0.691.